The van der Waals surface area contributed by atoms with E-state index in [1.807, 2.05) is 0 Å². The van der Waals surface area contributed by atoms with Crippen LogP contribution >= 0.6 is 0 Å². The van der Waals surface area contributed by atoms with Gasteiger partial charge in [0, 0.05) is 18.3 Å². The second-order valence-corrected chi connectivity index (χ2v) is 8.68. The lowest BCUT2D eigenvalue weighted by atomic mass is 9.82. The van der Waals surface area contributed by atoms with Gasteiger partial charge in [0.25, 0.3) is 0 Å². The van der Waals surface area contributed by atoms with Crippen molar-refractivity contribution in [1.82, 2.24) is 9.97 Å². The largest absolute Gasteiger partial charge is 0.493 e. The van der Waals surface area contributed by atoms with Crippen molar-refractivity contribution in [3.8, 4) is 5.75 Å². The van der Waals surface area contributed by atoms with Crippen LogP contribution in [0.4, 0.5) is 0 Å². The van der Waals surface area contributed by atoms with Gasteiger partial charge in [-0.25, -0.2) is 9.97 Å². The number of aryl methyl sites for hydroxylation is 2. The number of nitrogens with zero attached hydrogens (tertiary/aromatic N) is 2. The lowest BCUT2D eigenvalue weighted by Gasteiger charge is -2.27. The van der Waals surface area contributed by atoms with Crippen LogP contribution in [0.25, 0.3) is 0 Å². The quantitative estimate of drug-likeness (QED) is 0.389. The molecule has 0 amide bonds. The standard InChI is InChI=1S/C26H38N2O/c1-3-5-6-7-9-23-18-27-26(28-19-23)24-14-10-22(11-15-24)20-29-25-16-12-21(8-4-2)13-17-25/h12-13,16-19,22,24H,3-11,14-15,20H2,1-2H3/t22-,24-. The SMILES string of the molecule is CCCCCCc1cnc([C@H]2CC[C@H](COc3ccc(CCC)cc3)CC2)nc1. The number of hydrogen-bond donors (Lipinski definition) is 0. The average Bonchev–Trinajstić information content (AvgIpc) is 2.77. The lowest BCUT2D eigenvalue weighted by Crippen LogP contribution is -2.20. The Kier molecular flexibility index (Phi) is 8.98. The molecule has 1 saturated carbocycles. The van der Waals surface area contributed by atoms with E-state index in [0.29, 0.717) is 11.8 Å². The van der Waals surface area contributed by atoms with Crippen molar-refractivity contribution in [1.29, 1.82) is 0 Å². The fraction of sp³-hybridized carbons (Fsp3) is 0.615. The third-order valence-electron chi connectivity index (χ3n) is 6.20. The molecule has 1 fully saturated rings. The summed E-state index contributed by atoms with van der Waals surface area (Å²) in [6.45, 7) is 5.30. The van der Waals surface area contributed by atoms with Crippen molar-refractivity contribution in [2.24, 2.45) is 5.92 Å². The van der Waals surface area contributed by atoms with Gasteiger partial charge < -0.3 is 4.74 Å². The van der Waals surface area contributed by atoms with Crippen LogP contribution in [0.2, 0.25) is 0 Å². The molecule has 0 unspecified atom stereocenters. The summed E-state index contributed by atoms with van der Waals surface area (Å²) in [5, 5.41) is 0. The molecule has 0 radical (unpaired) electrons. The molecule has 3 heteroatoms. The molecular formula is C26H38N2O. The highest BCUT2D eigenvalue weighted by molar-refractivity contribution is 5.27. The molecule has 0 atom stereocenters. The van der Waals surface area contributed by atoms with Crippen molar-refractivity contribution in [2.75, 3.05) is 6.61 Å². The zero-order chi connectivity index (χ0) is 20.3. The Hall–Kier alpha value is -1.90. The summed E-state index contributed by atoms with van der Waals surface area (Å²) in [6.07, 6.45) is 17.5. The Bertz CT molecular complexity index is 688. The molecule has 1 aromatic heterocycles. The van der Waals surface area contributed by atoms with E-state index in [9.17, 15) is 0 Å². The van der Waals surface area contributed by atoms with Gasteiger partial charge in [-0.1, -0.05) is 51.7 Å². The van der Waals surface area contributed by atoms with Crippen LogP contribution in [0.3, 0.4) is 0 Å². The maximum atomic E-state index is 6.06. The molecule has 0 aliphatic heterocycles. The number of ether oxygens (including phenoxy) is 1. The van der Waals surface area contributed by atoms with E-state index in [1.54, 1.807) is 0 Å². The highest BCUT2D eigenvalue weighted by atomic mass is 16.5. The van der Waals surface area contributed by atoms with Crippen LogP contribution in [-0.4, -0.2) is 16.6 Å². The number of aromatic nitrogens is 2. The average molecular weight is 395 g/mol. The Morgan fingerprint density at radius 1 is 0.793 bits per heavy atom. The molecule has 3 nitrogen and oxygen atoms in total. The summed E-state index contributed by atoms with van der Waals surface area (Å²) in [7, 11) is 0. The van der Waals surface area contributed by atoms with Crippen LogP contribution in [0.15, 0.2) is 36.7 Å². The zero-order valence-corrected chi connectivity index (χ0v) is 18.4. The Balaban J connectivity index is 1.38. The normalized spacial score (nSPS) is 19.2. The van der Waals surface area contributed by atoms with Crippen LogP contribution in [-0.2, 0) is 12.8 Å². The molecular weight excluding hydrogens is 356 g/mol. The number of benzene rings is 1. The fourth-order valence-corrected chi connectivity index (χ4v) is 4.30. The summed E-state index contributed by atoms with van der Waals surface area (Å²) in [5.74, 6) is 3.23. The third kappa shape index (κ3) is 7.13. The molecule has 0 bridgehead atoms. The minimum atomic E-state index is 0.522. The van der Waals surface area contributed by atoms with Crippen LogP contribution < -0.4 is 4.74 Å². The molecule has 0 spiro atoms. The van der Waals surface area contributed by atoms with Crippen molar-refractivity contribution in [3.05, 3.63) is 53.6 Å². The van der Waals surface area contributed by atoms with Gasteiger partial charge in [0.05, 0.1) is 6.61 Å². The Morgan fingerprint density at radius 3 is 2.17 bits per heavy atom. The molecule has 3 rings (SSSR count). The van der Waals surface area contributed by atoms with Crippen molar-refractivity contribution >= 4 is 0 Å². The first-order valence-electron chi connectivity index (χ1n) is 11.8. The van der Waals surface area contributed by atoms with Crippen LogP contribution in [0.5, 0.6) is 5.75 Å². The van der Waals surface area contributed by atoms with Crippen molar-refractivity contribution in [3.63, 3.8) is 0 Å². The van der Waals surface area contributed by atoms with Gasteiger partial charge in [0.1, 0.15) is 11.6 Å². The number of rotatable bonds is 11. The first-order valence-corrected chi connectivity index (χ1v) is 11.8. The van der Waals surface area contributed by atoms with Gasteiger partial charge in [0.15, 0.2) is 0 Å². The van der Waals surface area contributed by atoms with E-state index in [0.717, 1.165) is 31.0 Å². The lowest BCUT2D eigenvalue weighted by molar-refractivity contribution is 0.198. The van der Waals surface area contributed by atoms with Crippen molar-refractivity contribution in [2.45, 2.75) is 90.4 Å². The van der Waals surface area contributed by atoms with Gasteiger partial charge >= 0.3 is 0 Å². The molecule has 1 heterocycles. The topological polar surface area (TPSA) is 35.0 Å². The molecule has 0 N–H and O–H groups in total. The monoisotopic (exact) mass is 394 g/mol. The van der Waals surface area contributed by atoms with Gasteiger partial charge in [0.2, 0.25) is 0 Å². The van der Waals surface area contributed by atoms with E-state index in [4.69, 9.17) is 14.7 Å². The van der Waals surface area contributed by atoms with Gasteiger partial charge in [-0.15, -0.1) is 0 Å². The summed E-state index contributed by atoms with van der Waals surface area (Å²) in [6, 6.07) is 8.63. The zero-order valence-electron chi connectivity index (χ0n) is 18.4. The highest BCUT2D eigenvalue weighted by Gasteiger charge is 2.24. The highest BCUT2D eigenvalue weighted by Crippen LogP contribution is 2.34. The summed E-state index contributed by atoms with van der Waals surface area (Å²) >= 11 is 0. The number of hydrogen-bond acceptors (Lipinski definition) is 3. The minimum absolute atomic E-state index is 0.522. The second kappa shape index (κ2) is 11.9. The Labute approximate surface area is 177 Å². The molecule has 0 saturated heterocycles. The van der Waals surface area contributed by atoms with Gasteiger partial charge in [-0.3, -0.25) is 0 Å². The molecule has 1 aliphatic carbocycles. The molecule has 158 valence electrons. The first kappa shape index (κ1) is 21.8. The maximum absolute atomic E-state index is 6.06. The van der Waals surface area contributed by atoms with E-state index in [2.05, 4.69) is 50.5 Å². The van der Waals surface area contributed by atoms with Gasteiger partial charge in [-0.2, -0.15) is 0 Å². The molecule has 29 heavy (non-hydrogen) atoms. The minimum Gasteiger partial charge on any atom is -0.493 e. The van der Waals surface area contributed by atoms with E-state index in [1.165, 1.54) is 68.9 Å². The molecule has 1 aromatic carbocycles. The maximum Gasteiger partial charge on any atom is 0.131 e. The van der Waals surface area contributed by atoms with Crippen LogP contribution in [0, 0.1) is 5.92 Å². The van der Waals surface area contributed by atoms with Crippen LogP contribution in [0.1, 0.15) is 94.5 Å². The smallest absolute Gasteiger partial charge is 0.131 e. The van der Waals surface area contributed by atoms with E-state index in [-0.39, 0.29) is 0 Å². The van der Waals surface area contributed by atoms with Gasteiger partial charge in [-0.05, 0) is 74.1 Å². The van der Waals surface area contributed by atoms with Crippen molar-refractivity contribution < 1.29 is 4.74 Å². The second-order valence-electron chi connectivity index (χ2n) is 8.68. The number of unbranched alkanes of at least 4 members (excludes halogenated alkanes) is 3. The first-order chi connectivity index (χ1) is 14.3. The summed E-state index contributed by atoms with van der Waals surface area (Å²) in [4.78, 5) is 9.40. The molecule has 2 aromatic rings. The fourth-order valence-electron chi connectivity index (χ4n) is 4.30. The summed E-state index contributed by atoms with van der Waals surface area (Å²) < 4.78 is 6.06. The molecule has 1 aliphatic rings. The summed E-state index contributed by atoms with van der Waals surface area (Å²) in [5.41, 5.74) is 2.68. The van der Waals surface area contributed by atoms with E-state index < -0.39 is 0 Å². The predicted octanol–water partition coefficient (Wildman–Crippen LogP) is 6.90. The third-order valence-corrected chi connectivity index (χ3v) is 6.20. The Morgan fingerprint density at radius 2 is 1.52 bits per heavy atom. The van der Waals surface area contributed by atoms with E-state index >= 15 is 0 Å². The predicted molar refractivity (Wildman–Crippen MR) is 121 cm³/mol.